The van der Waals surface area contributed by atoms with E-state index in [0.717, 1.165) is 51.4 Å². The van der Waals surface area contributed by atoms with E-state index in [1.54, 1.807) is 0 Å². The predicted molar refractivity (Wildman–Crippen MR) is 371 cm³/mol. The van der Waals surface area contributed by atoms with E-state index >= 15 is 0 Å². The number of hydrogen-bond acceptors (Lipinski definition) is 8. The molecule has 0 aliphatic rings. The Balaban J connectivity index is 4.00. The molecule has 0 saturated heterocycles. The van der Waals surface area contributed by atoms with Crippen LogP contribution in [-0.4, -0.2) is 82.3 Å². The van der Waals surface area contributed by atoms with E-state index in [4.69, 9.17) is 18.9 Å². The molecule has 0 heterocycles. The molecule has 9 heteroatoms. The van der Waals surface area contributed by atoms with Gasteiger partial charge in [0.25, 0.3) is 0 Å². The number of hydrogen-bond donors (Lipinski definition) is 0. The number of likely N-dealkylation sites (N-methyl/N-ethyl adjacent to an activating group) is 1. The smallest absolute Gasteiger partial charge is 0.306 e. The van der Waals surface area contributed by atoms with E-state index in [1.807, 2.05) is 21.1 Å². The van der Waals surface area contributed by atoms with Crippen LogP contribution in [0.4, 0.5) is 0 Å². The number of rotatable bonds is 71. The average molecular weight is 1230 g/mol. The number of carbonyl (C=O) groups excluding carboxylic acids is 3. The molecule has 2 atom stereocenters. The molecular formula is C78H145NO8. The van der Waals surface area contributed by atoms with Crippen LogP contribution >= 0.6 is 0 Å². The second-order valence-electron chi connectivity index (χ2n) is 26.9. The largest absolute Gasteiger partial charge is 0.545 e. The van der Waals surface area contributed by atoms with Crippen molar-refractivity contribution in [3.05, 3.63) is 48.6 Å². The summed E-state index contributed by atoms with van der Waals surface area (Å²) >= 11 is 0. The predicted octanol–water partition coefficient (Wildman–Crippen LogP) is 22.4. The van der Waals surface area contributed by atoms with Gasteiger partial charge in [0.05, 0.1) is 40.3 Å². The molecule has 0 rings (SSSR count). The highest BCUT2D eigenvalue weighted by Crippen LogP contribution is 2.19. The Morgan fingerprint density at radius 2 is 0.621 bits per heavy atom. The topological polar surface area (TPSA) is 111 Å². The van der Waals surface area contributed by atoms with Crippen LogP contribution in [0.2, 0.25) is 0 Å². The molecule has 0 aliphatic carbocycles. The number of esters is 2. The lowest BCUT2D eigenvalue weighted by Gasteiger charge is -2.26. The molecule has 87 heavy (non-hydrogen) atoms. The maximum Gasteiger partial charge on any atom is 0.306 e. The Kier molecular flexibility index (Phi) is 67.0. The number of nitrogens with zero attached hydrogens (tertiary/aromatic N) is 1. The van der Waals surface area contributed by atoms with E-state index in [9.17, 15) is 19.5 Å². The zero-order valence-electron chi connectivity index (χ0n) is 58.4. The first-order valence-electron chi connectivity index (χ1n) is 37.8. The lowest BCUT2D eigenvalue weighted by atomic mass is 10.0. The summed E-state index contributed by atoms with van der Waals surface area (Å²) in [6, 6.07) is 0. The summed E-state index contributed by atoms with van der Waals surface area (Å²) in [6.07, 6.45) is 86.5. The zero-order valence-corrected chi connectivity index (χ0v) is 58.4. The van der Waals surface area contributed by atoms with Crippen molar-refractivity contribution in [1.82, 2.24) is 0 Å². The van der Waals surface area contributed by atoms with Crippen LogP contribution in [0.15, 0.2) is 48.6 Å². The molecule has 0 bridgehead atoms. The molecule has 0 fully saturated rings. The molecule has 0 aromatic rings. The van der Waals surface area contributed by atoms with Gasteiger partial charge in [0.2, 0.25) is 0 Å². The molecule has 0 spiro atoms. The van der Waals surface area contributed by atoms with Crippen molar-refractivity contribution in [3.63, 3.8) is 0 Å². The number of carboxylic acids is 1. The molecule has 2 unspecified atom stereocenters. The minimum absolute atomic E-state index is 0.150. The summed E-state index contributed by atoms with van der Waals surface area (Å²) in [7, 11) is 5.95. The van der Waals surface area contributed by atoms with Gasteiger partial charge in [0.1, 0.15) is 13.2 Å². The monoisotopic (exact) mass is 1220 g/mol. The fourth-order valence-corrected chi connectivity index (χ4v) is 11.2. The normalized spacial score (nSPS) is 12.9. The summed E-state index contributed by atoms with van der Waals surface area (Å²) in [5.74, 6) is -2.26. The van der Waals surface area contributed by atoms with Crippen LogP contribution in [0, 0.1) is 0 Å². The van der Waals surface area contributed by atoms with Gasteiger partial charge in [-0.3, -0.25) is 9.59 Å². The first-order chi connectivity index (χ1) is 42.6. The van der Waals surface area contributed by atoms with Crippen molar-refractivity contribution in [2.45, 2.75) is 386 Å². The van der Waals surface area contributed by atoms with Gasteiger partial charge in [-0.05, 0) is 77.0 Å². The molecule has 0 amide bonds. The minimum atomic E-state index is -1.62. The van der Waals surface area contributed by atoms with Gasteiger partial charge in [0, 0.05) is 12.8 Å². The second-order valence-corrected chi connectivity index (χ2v) is 26.9. The Morgan fingerprint density at radius 3 is 0.931 bits per heavy atom. The van der Waals surface area contributed by atoms with E-state index in [1.165, 1.54) is 295 Å². The second kappa shape index (κ2) is 69.1. The highest BCUT2D eigenvalue weighted by atomic mass is 16.7. The van der Waals surface area contributed by atoms with Crippen LogP contribution in [-0.2, 0) is 33.3 Å². The fraction of sp³-hybridized carbons (Fsp3) is 0.859. The van der Waals surface area contributed by atoms with E-state index in [2.05, 4.69) is 62.5 Å². The molecule has 0 aliphatic heterocycles. The van der Waals surface area contributed by atoms with Crippen molar-refractivity contribution in [2.24, 2.45) is 0 Å². The van der Waals surface area contributed by atoms with Gasteiger partial charge in [-0.1, -0.05) is 332 Å². The standard InChI is InChI=1S/C78H145NO8/c1-6-8-10-12-14-16-18-20-22-24-26-28-30-32-33-34-35-36-37-38-39-40-41-42-43-45-47-49-51-53-55-57-59-61-63-65-67-69-76(81)87-74(73-86-78(77(82)83)84-71-70-79(3,4)5)72-85-75(80)68-66-64-62-60-58-56-54-52-50-48-46-44-31-29-27-25-23-21-19-17-15-13-11-9-7-2/h18,20,24-27,30,32,74,78H,6-17,19,21-23,28-29,31,33-73H2,1-5H3/b20-18-,26-24-,27-25-,32-30-. The Labute approximate surface area is 540 Å². The number of aliphatic carboxylic acids is 1. The lowest BCUT2D eigenvalue weighted by Crippen LogP contribution is -2.44. The van der Waals surface area contributed by atoms with Crippen LogP contribution in [0.3, 0.4) is 0 Å². The van der Waals surface area contributed by atoms with Crippen molar-refractivity contribution in [3.8, 4) is 0 Å². The molecule has 0 radical (unpaired) electrons. The van der Waals surface area contributed by atoms with Gasteiger partial charge in [-0.15, -0.1) is 0 Å². The average Bonchev–Trinajstić information content (AvgIpc) is 3.57. The van der Waals surface area contributed by atoms with E-state index in [-0.39, 0.29) is 32.2 Å². The third kappa shape index (κ3) is 70.6. The quantitative estimate of drug-likeness (QED) is 0.0195. The summed E-state index contributed by atoms with van der Waals surface area (Å²) in [6.45, 7) is 4.80. The highest BCUT2D eigenvalue weighted by molar-refractivity contribution is 5.70. The van der Waals surface area contributed by atoms with Gasteiger partial charge >= 0.3 is 11.9 Å². The fourth-order valence-electron chi connectivity index (χ4n) is 11.2. The highest BCUT2D eigenvalue weighted by Gasteiger charge is 2.22. The Hall–Kier alpha value is -2.75. The zero-order chi connectivity index (χ0) is 63.3. The molecule has 0 N–H and O–H groups in total. The third-order valence-corrected chi connectivity index (χ3v) is 17.0. The SMILES string of the molecule is CCCCCCC/C=C\C/C=C\C/C=C\CCCCCCCCCCCCCCCCCCCCCCCCC(=O)OC(COC(=O)CCCCCCCCCCCCCCC/C=C\CCCCCCCCCC)COC(OCC[N+](C)(C)C)C(=O)[O-]. The number of unbranched alkanes of at least 4 members (excludes halogenated alkanes) is 48. The van der Waals surface area contributed by atoms with Gasteiger partial charge in [0.15, 0.2) is 12.4 Å². The molecular weight excluding hydrogens is 1080 g/mol. The molecule has 0 aromatic carbocycles. The summed E-state index contributed by atoms with van der Waals surface area (Å²) in [5.41, 5.74) is 0. The van der Waals surface area contributed by atoms with E-state index < -0.39 is 24.3 Å². The maximum absolute atomic E-state index is 13.0. The number of carboxylic acid groups (broad SMARTS) is 1. The first kappa shape index (κ1) is 84.2. The Bertz CT molecular complexity index is 1570. The third-order valence-electron chi connectivity index (χ3n) is 17.0. The maximum atomic E-state index is 13.0. The van der Waals surface area contributed by atoms with Gasteiger partial charge < -0.3 is 33.3 Å². The van der Waals surface area contributed by atoms with Crippen LogP contribution in [0.5, 0.6) is 0 Å². The van der Waals surface area contributed by atoms with Crippen LogP contribution in [0.1, 0.15) is 373 Å². The minimum Gasteiger partial charge on any atom is -0.545 e. The van der Waals surface area contributed by atoms with Gasteiger partial charge in [-0.25, -0.2) is 0 Å². The van der Waals surface area contributed by atoms with Gasteiger partial charge in [-0.2, -0.15) is 0 Å². The molecule has 510 valence electrons. The van der Waals surface area contributed by atoms with Crippen molar-refractivity contribution in [1.29, 1.82) is 0 Å². The number of allylic oxidation sites excluding steroid dienone is 8. The van der Waals surface area contributed by atoms with Crippen LogP contribution in [0.25, 0.3) is 0 Å². The summed E-state index contributed by atoms with van der Waals surface area (Å²) in [5, 5.41) is 11.8. The van der Waals surface area contributed by atoms with E-state index in [0.29, 0.717) is 17.4 Å². The molecule has 0 aromatic heterocycles. The van der Waals surface area contributed by atoms with Crippen LogP contribution < -0.4 is 5.11 Å². The molecule has 0 saturated carbocycles. The van der Waals surface area contributed by atoms with Crippen molar-refractivity contribution >= 4 is 17.9 Å². The number of carbonyl (C=O) groups is 3. The summed E-state index contributed by atoms with van der Waals surface area (Å²) < 4.78 is 22.8. The number of quaternary nitrogens is 1. The Morgan fingerprint density at radius 1 is 0.345 bits per heavy atom. The molecule has 9 nitrogen and oxygen atoms in total. The lowest BCUT2D eigenvalue weighted by molar-refractivity contribution is -0.870. The van der Waals surface area contributed by atoms with Crippen molar-refractivity contribution < 1.29 is 42.9 Å². The first-order valence-corrected chi connectivity index (χ1v) is 37.8. The number of ether oxygens (including phenoxy) is 4. The summed E-state index contributed by atoms with van der Waals surface area (Å²) in [4.78, 5) is 37.5. The van der Waals surface area contributed by atoms with Crippen molar-refractivity contribution in [2.75, 3.05) is 47.5 Å².